The number of aromatic nitrogens is 1. The summed E-state index contributed by atoms with van der Waals surface area (Å²) in [5.41, 5.74) is 1.66. The second kappa shape index (κ2) is 7.19. The standard InChI is InChI=1S/C17H28N2O/c1-14-9-16(11-17(2,3)10-14)20-8-7-19-13-15-5-4-6-18-12-15/h4-6,12,14,16,19H,7-11,13H2,1-3H3. The Hall–Kier alpha value is -0.930. The van der Waals surface area contributed by atoms with Crippen molar-refractivity contribution in [2.24, 2.45) is 11.3 Å². The summed E-state index contributed by atoms with van der Waals surface area (Å²) < 4.78 is 6.05. The van der Waals surface area contributed by atoms with E-state index in [1.54, 1.807) is 6.20 Å². The minimum absolute atomic E-state index is 0.436. The van der Waals surface area contributed by atoms with E-state index in [1.807, 2.05) is 12.3 Å². The van der Waals surface area contributed by atoms with Crippen LogP contribution in [0.1, 0.15) is 45.6 Å². The summed E-state index contributed by atoms with van der Waals surface area (Å²) in [5.74, 6) is 0.784. The van der Waals surface area contributed by atoms with Gasteiger partial charge in [0.05, 0.1) is 12.7 Å². The molecule has 1 fully saturated rings. The fraction of sp³-hybridized carbons (Fsp3) is 0.706. The van der Waals surface area contributed by atoms with Gasteiger partial charge in [0.25, 0.3) is 0 Å². The van der Waals surface area contributed by atoms with Crippen LogP contribution in [0.5, 0.6) is 0 Å². The molecule has 3 nitrogen and oxygen atoms in total. The average molecular weight is 276 g/mol. The van der Waals surface area contributed by atoms with E-state index in [4.69, 9.17) is 4.74 Å². The number of pyridine rings is 1. The lowest BCUT2D eigenvalue weighted by Gasteiger charge is -2.38. The molecule has 0 aliphatic heterocycles. The first-order chi connectivity index (χ1) is 9.55. The highest BCUT2D eigenvalue weighted by Gasteiger charge is 2.32. The molecule has 2 rings (SSSR count). The van der Waals surface area contributed by atoms with E-state index in [0.29, 0.717) is 11.5 Å². The maximum Gasteiger partial charge on any atom is 0.0594 e. The van der Waals surface area contributed by atoms with E-state index >= 15 is 0 Å². The maximum absolute atomic E-state index is 6.05. The van der Waals surface area contributed by atoms with E-state index < -0.39 is 0 Å². The third-order valence-electron chi connectivity index (χ3n) is 4.03. The van der Waals surface area contributed by atoms with Crippen LogP contribution in [0.4, 0.5) is 0 Å². The molecular weight excluding hydrogens is 248 g/mol. The van der Waals surface area contributed by atoms with Crippen LogP contribution in [0.15, 0.2) is 24.5 Å². The van der Waals surface area contributed by atoms with Crippen molar-refractivity contribution in [3.8, 4) is 0 Å². The largest absolute Gasteiger partial charge is 0.377 e. The predicted octanol–water partition coefficient (Wildman–Crippen LogP) is 3.40. The summed E-state index contributed by atoms with van der Waals surface area (Å²) in [6.45, 7) is 9.63. The zero-order valence-electron chi connectivity index (χ0n) is 13.1. The third kappa shape index (κ3) is 5.22. The minimum Gasteiger partial charge on any atom is -0.377 e. The molecule has 20 heavy (non-hydrogen) atoms. The minimum atomic E-state index is 0.436. The van der Waals surface area contributed by atoms with Crippen LogP contribution in [0, 0.1) is 11.3 Å². The molecule has 1 aliphatic rings. The number of nitrogens with zero attached hydrogens (tertiary/aromatic N) is 1. The molecule has 0 saturated heterocycles. The molecule has 0 bridgehead atoms. The Kier molecular flexibility index (Phi) is 5.55. The molecule has 3 heteroatoms. The second-order valence-corrected chi connectivity index (χ2v) is 6.94. The van der Waals surface area contributed by atoms with Crippen LogP contribution in [0.2, 0.25) is 0 Å². The number of hydrogen-bond donors (Lipinski definition) is 1. The summed E-state index contributed by atoms with van der Waals surface area (Å²) >= 11 is 0. The molecule has 2 atom stereocenters. The molecule has 2 unspecified atom stereocenters. The van der Waals surface area contributed by atoms with E-state index in [9.17, 15) is 0 Å². The molecule has 1 saturated carbocycles. The number of nitrogens with one attached hydrogen (secondary N) is 1. The lowest BCUT2D eigenvalue weighted by atomic mass is 9.71. The Bertz CT molecular complexity index is 391. The van der Waals surface area contributed by atoms with E-state index in [-0.39, 0.29) is 0 Å². The highest BCUT2D eigenvalue weighted by atomic mass is 16.5. The number of ether oxygens (including phenoxy) is 1. The molecule has 1 N–H and O–H groups in total. The summed E-state index contributed by atoms with van der Waals surface area (Å²) in [6, 6.07) is 4.06. The van der Waals surface area contributed by atoms with Gasteiger partial charge in [-0.25, -0.2) is 0 Å². The SMILES string of the molecule is CC1CC(OCCNCc2cccnc2)CC(C)(C)C1. The van der Waals surface area contributed by atoms with Gasteiger partial charge in [0.15, 0.2) is 0 Å². The molecular formula is C17H28N2O. The molecule has 1 aromatic heterocycles. The molecule has 1 aromatic rings. The van der Waals surface area contributed by atoms with E-state index in [0.717, 1.165) is 25.6 Å². The molecule has 112 valence electrons. The van der Waals surface area contributed by atoms with Crippen LogP contribution >= 0.6 is 0 Å². The fourth-order valence-corrected chi connectivity index (χ4v) is 3.42. The van der Waals surface area contributed by atoms with Crippen molar-refractivity contribution in [1.82, 2.24) is 10.3 Å². The summed E-state index contributed by atoms with van der Waals surface area (Å²) in [6.07, 6.45) is 7.88. The van der Waals surface area contributed by atoms with Crippen LogP contribution in [0.3, 0.4) is 0 Å². The zero-order chi connectivity index (χ0) is 14.4. The molecule has 1 heterocycles. The molecule has 0 spiro atoms. The van der Waals surface area contributed by atoms with Gasteiger partial charge in [-0.3, -0.25) is 4.98 Å². The first-order valence-corrected chi connectivity index (χ1v) is 7.76. The smallest absolute Gasteiger partial charge is 0.0594 e. The van der Waals surface area contributed by atoms with Gasteiger partial charge in [0, 0.05) is 25.5 Å². The van der Waals surface area contributed by atoms with Gasteiger partial charge >= 0.3 is 0 Å². The van der Waals surface area contributed by atoms with Crippen molar-refractivity contribution in [3.63, 3.8) is 0 Å². The molecule has 0 radical (unpaired) electrons. The second-order valence-electron chi connectivity index (χ2n) is 6.94. The van der Waals surface area contributed by atoms with Gasteiger partial charge in [-0.2, -0.15) is 0 Å². The van der Waals surface area contributed by atoms with Gasteiger partial charge in [-0.1, -0.05) is 26.8 Å². The molecule has 0 amide bonds. The van der Waals surface area contributed by atoms with Crippen LogP contribution < -0.4 is 5.32 Å². The van der Waals surface area contributed by atoms with Crippen LogP contribution in [-0.2, 0) is 11.3 Å². The van der Waals surface area contributed by atoms with E-state index in [1.165, 1.54) is 24.8 Å². The Labute approximate surface area is 123 Å². The normalized spacial score (nSPS) is 25.6. The highest BCUT2D eigenvalue weighted by Crippen LogP contribution is 2.39. The van der Waals surface area contributed by atoms with Crippen LogP contribution in [0.25, 0.3) is 0 Å². The topological polar surface area (TPSA) is 34.1 Å². The maximum atomic E-state index is 6.05. The lowest BCUT2D eigenvalue weighted by Crippen LogP contribution is -2.34. The van der Waals surface area contributed by atoms with Crippen molar-refractivity contribution < 1.29 is 4.74 Å². The Morgan fingerprint density at radius 3 is 2.95 bits per heavy atom. The zero-order valence-corrected chi connectivity index (χ0v) is 13.1. The number of rotatable bonds is 6. The van der Waals surface area contributed by atoms with Crippen molar-refractivity contribution >= 4 is 0 Å². The first-order valence-electron chi connectivity index (χ1n) is 7.76. The van der Waals surface area contributed by atoms with Gasteiger partial charge < -0.3 is 10.1 Å². The summed E-state index contributed by atoms with van der Waals surface area (Å²) in [5, 5.41) is 3.41. The van der Waals surface area contributed by atoms with Gasteiger partial charge in [0.1, 0.15) is 0 Å². The highest BCUT2D eigenvalue weighted by molar-refractivity contribution is 5.07. The van der Waals surface area contributed by atoms with Crippen LogP contribution in [-0.4, -0.2) is 24.2 Å². The monoisotopic (exact) mass is 276 g/mol. The van der Waals surface area contributed by atoms with E-state index in [2.05, 4.69) is 37.1 Å². The Balaban J connectivity index is 1.61. The average Bonchev–Trinajstić information content (AvgIpc) is 2.37. The Morgan fingerprint density at radius 1 is 1.40 bits per heavy atom. The van der Waals surface area contributed by atoms with Crippen molar-refractivity contribution in [2.75, 3.05) is 13.2 Å². The predicted molar refractivity (Wildman–Crippen MR) is 82.5 cm³/mol. The van der Waals surface area contributed by atoms with Gasteiger partial charge in [-0.05, 0) is 42.2 Å². The molecule has 1 aliphatic carbocycles. The third-order valence-corrected chi connectivity index (χ3v) is 4.03. The van der Waals surface area contributed by atoms with Gasteiger partial charge in [0.2, 0.25) is 0 Å². The number of hydrogen-bond acceptors (Lipinski definition) is 3. The Morgan fingerprint density at radius 2 is 2.25 bits per heavy atom. The van der Waals surface area contributed by atoms with Crippen molar-refractivity contribution in [1.29, 1.82) is 0 Å². The first kappa shape index (κ1) is 15.5. The van der Waals surface area contributed by atoms with Gasteiger partial charge in [-0.15, -0.1) is 0 Å². The fourth-order valence-electron chi connectivity index (χ4n) is 3.42. The quantitative estimate of drug-likeness (QED) is 0.809. The summed E-state index contributed by atoms with van der Waals surface area (Å²) in [7, 11) is 0. The van der Waals surface area contributed by atoms with Crippen molar-refractivity contribution in [3.05, 3.63) is 30.1 Å². The lowest BCUT2D eigenvalue weighted by molar-refractivity contribution is -0.0213. The summed E-state index contributed by atoms with van der Waals surface area (Å²) in [4.78, 5) is 4.11. The molecule has 0 aromatic carbocycles. The van der Waals surface area contributed by atoms with Crippen molar-refractivity contribution in [2.45, 2.75) is 52.7 Å².